The fraction of sp³-hybridized carbons (Fsp3) is 0.647. The number of hydrogen-bond acceptors (Lipinski definition) is 2. The van der Waals surface area contributed by atoms with Crippen LogP contribution < -0.4 is 5.32 Å². The van der Waals surface area contributed by atoms with Crippen molar-refractivity contribution in [3.05, 3.63) is 35.1 Å². The molecule has 0 bridgehead atoms. The van der Waals surface area contributed by atoms with Crippen LogP contribution in [0.25, 0.3) is 0 Å². The van der Waals surface area contributed by atoms with Gasteiger partial charge in [0.15, 0.2) is 0 Å². The Balaban J connectivity index is 1.86. The Morgan fingerprint density at radius 1 is 1.40 bits per heavy atom. The fourth-order valence-electron chi connectivity index (χ4n) is 2.90. The largest absolute Gasteiger partial charge is 0.378 e. The van der Waals surface area contributed by atoms with Gasteiger partial charge in [0.05, 0.1) is 6.10 Å². The molecule has 1 aromatic carbocycles. The van der Waals surface area contributed by atoms with Gasteiger partial charge in [-0.3, -0.25) is 0 Å². The van der Waals surface area contributed by atoms with Crippen LogP contribution in [0.1, 0.15) is 43.2 Å². The predicted octanol–water partition coefficient (Wildman–Crippen LogP) is 3.61. The van der Waals surface area contributed by atoms with Gasteiger partial charge in [0.25, 0.3) is 0 Å². The zero-order valence-electron chi connectivity index (χ0n) is 12.6. The molecule has 2 nitrogen and oxygen atoms in total. The second-order valence-corrected chi connectivity index (χ2v) is 5.83. The highest BCUT2D eigenvalue weighted by Gasteiger charge is 2.17. The minimum atomic E-state index is -0.143. The molecule has 1 aliphatic rings. The van der Waals surface area contributed by atoms with Gasteiger partial charge in [0.2, 0.25) is 0 Å². The minimum Gasteiger partial charge on any atom is -0.378 e. The molecule has 0 radical (unpaired) electrons. The molecule has 2 unspecified atom stereocenters. The van der Waals surface area contributed by atoms with E-state index < -0.39 is 0 Å². The zero-order chi connectivity index (χ0) is 14.4. The lowest BCUT2D eigenvalue weighted by atomic mass is 9.95. The number of benzene rings is 1. The summed E-state index contributed by atoms with van der Waals surface area (Å²) in [6.07, 6.45) is 7.17. The SMILES string of the molecule is CNC(CCC1CCCCO1)Cc1cc(F)ccc1C. The van der Waals surface area contributed by atoms with Crippen LogP contribution in [0.15, 0.2) is 18.2 Å². The molecule has 0 aliphatic carbocycles. The maximum atomic E-state index is 13.3. The third kappa shape index (κ3) is 4.57. The van der Waals surface area contributed by atoms with Crippen molar-refractivity contribution in [3.63, 3.8) is 0 Å². The van der Waals surface area contributed by atoms with Gasteiger partial charge in [0, 0.05) is 12.6 Å². The quantitative estimate of drug-likeness (QED) is 0.859. The summed E-state index contributed by atoms with van der Waals surface area (Å²) in [5.41, 5.74) is 2.27. The van der Waals surface area contributed by atoms with Gasteiger partial charge in [-0.05, 0) is 75.8 Å². The molecular weight excluding hydrogens is 253 g/mol. The van der Waals surface area contributed by atoms with Crippen LogP contribution in [0, 0.1) is 12.7 Å². The third-order valence-electron chi connectivity index (χ3n) is 4.30. The maximum Gasteiger partial charge on any atom is 0.123 e. The minimum absolute atomic E-state index is 0.143. The monoisotopic (exact) mass is 279 g/mol. The van der Waals surface area contributed by atoms with Crippen molar-refractivity contribution in [3.8, 4) is 0 Å². The zero-order valence-corrected chi connectivity index (χ0v) is 12.6. The van der Waals surface area contributed by atoms with Crippen molar-refractivity contribution in [1.29, 1.82) is 0 Å². The van der Waals surface area contributed by atoms with Crippen molar-refractivity contribution in [2.75, 3.05) is 13.7 Å². The Morgan fingerprint density at radius 3 is 2.95 bits per heavy atom. The van der Waals surface area contributed by atoms with Crippen molar-refractivity contribution in [2.45, 2.75) is 57.6 Å². The van der Waals surface area contributed by atoms with Crippen LogP contribution in [0.4, 0.5) is 4.39 Å². The van der Waals surface area contributed by atoms with E-state index in [2.05, 4.69) is 5.32 Å². The molecule has 112 valence electrons. The van der Waals surface area contributed by atoms with Crippen molar-refractivity contribution >= 4 is 0 Å². The summed E-state index contributed by atoms with van der Waals surface area (Å²) in [6.45, 7) is 2.96. The average Bonchev–Trinajstić information content (AvgIpc) is 2.48. The first-order valence-electron chi connectivity index (χ1n) is 7.73. The summed E-state index contributed by atoms with van der Waals surface area (Å²) in [5.74, 6) is -0.143. The molecular formula is C17H26FNO. The van der Waals surface area contributed by atoms with E-state index >= 15 is 0 Å². The summed E-state index contributed by atoms with van der Waals surface area (Å²) in [6, 6.07) is 5.45. The number of likely N-dealkylation sites (N-methyl/N-ethyl adjacent to an activating group) is 1. The smallest absolute Gasteiger partial charge is 0.123 e. The van der Waals surface area contributed by atoms with E-state index in [9.17, 15) is 4.39 Å². The van der Waals surface area contributed by atoms with Crippen LogP contribution in [0.3, 0.4) is 0 Å². The first-order chi connectivity index (χ1) is 9.69. The van der Waals surface area contributed by atoms with E-state index in [1.165, 1.54) is 30.9 Å². The lowest BCUT2D eigenvalue weighted by Crippen LogP contribution is -2.30. The number of nitrogens with one attached hydrogen (secondary N) is 1. The van der Waals surface area contributed by atoms with E-state index in [0.29, 0.717) is 12.1 Å². The predicted molar refractivity (Wildman–Crippen MR) is 80.5 cm³/mol. The molecule has 1 fully saturated rings. The molecule has 2 rings (SSSR count). The van der Waals surface area contributed by atoms with E-state index in [1.807, 2.05) is 20.0 Å². The average molecular weight is 279 g/mol. The number of aryl methyl sites for hydroxylation is 1. The van der Waals surface area contributed by atoms with Gasteiger partial charge in [0.1, 0.15) is 5.82 Å². The third-order valence-corrected chi connectivity index (χ3v) is 4.30. The number of halogens is 1. The molecule has 1 heterocycles. The van der Waals surface area contributed by atoms with Gasteiger partial charge < -0.3 is 10.1 Å². The maximum absolute atomic E-state index is 13.3. The van der Waals surface area contributed by atoms with E-state index in [1.54, 1.807) is 6.07 Å². The lowest BCUT2D eigenvalue weighted by Gasteiger charge is -2.25. The molecule has 3 heteroatoms. The van der Waals surface area contributed by atoms with Crippen molar-refractivity contribution in [2.24, 2.45) is 0 Å². The Bertz CT molecular complexity index is 415. The topological polar surface area (TPSA) is 21.3 Å². The summed E-state index contributed by atoms with van der Waals surface area (Å²) in [5, 5.41) is 3.36. The lowest BCUT2D eigenvalue weighted by molar-refractivity contribution is 0.00870. The van der Waals surface area contributed by atoms with Gasteiger partial charge in [-0.15, -0.1) is 0 Å². The molecule has 1 N–H and O–H groups in total. The van der Waals surface area contributed by atoms with E-state index in [-0.39, 0.29) is 5.82 Å². The normalized spacial score (nSPS) is 20.9. The Hall–Kier alpha value is -0.930. The first-order valence-corrected chi connectivity index (χ1v) is 7.73. The van der Waals surface area contributed by atoms with Gasteiger partial charge >= 0.3 is 0 Å². The highest BCUT2D eigenvalue weighted by molar-refractivity contribution is 5.27. The van der Waals surface area contributed by atoms with E-state index in [4.69, 9.17) is 4.74 Å². The summed E-state index contributed by atoms with van der Waals surface area (Å²) >= 11 is 0. The van der Waals surface area contributed by atoms with Gasteiger partial charge in [-0.25, -0.2) is 4.39 Å². The summed E-state index contributed by atoms with van der Waals surface area (Å²) < 4.78 is 19.1. The molecule has 0 aromatic heterocycles. The van der Waals surface area contributed by atoms with Gasteiger partial charge in [-0.1, -0.05) is 6.07 Å². The van der Waals surface area contributed by atoms with Crippen LogP contribution in [0.2, 0.25) is 0 Å². The highest BCUT2D eigenvalue weighted by atomic mass is 19.1. The molecule has 1 aromatic rings. The Labute approximate surface area is 121 Å². The number of ether oxygens (including phenoxy) is 1. The first kappa shape index (κ1) is 15.5. The fourth-order valence-corrected chi connectivity index (χ4v) is 2.90. The molecule has 0 saturated carbocycles. The molecule has 1 aliphatic heterocycles. The van der Waals surface area contributed by atoms with Crippen LogP contribution in [0.5, 0.6) is 0 Å². The molecule has 0 spiro atoms. The van der Waals surface area contributed by atoms with E-state index in [0.717, 1.165) is 31.4 Å². The van der Waals surface area contributed by atoms with Gasteiger partial charge in [-0.2, -0.15) is 0 Å². The molecule has 1 saturated heterocycles. The number of hydrogen-bond donors (Lipinski definition) is 1. The number of rotatable bonds is 6. The standard InChI is InChI=1S/C17H26FNO/c1-13-6-7-15(18)11-14(13)12-16(19-2)8-9-17-5-3-4-10-20-17/h6-7,11,16-17,19H,3-5,8-10,12H2,1-2H3. The molecule has 20 heavy (non-hydrogen) atoms. The van der Waals surface area contributed by atoms with Crippen molar-refractivity contribution in [1.82, 2.24) is 5.32 Å². The van der Waals surface area contributed by atoms with Crippen LogP contribution >= 0.6 is 0 Å². The molecule has 0 amide bonds. The Kier molecular flexibility index (Phi) is 5.99. The highest BCUT2D eigenvalue weighted by Crippen LogP contribution is 2.20. The second-order valence-electron chi connectivity index (χ2n) is 5.83. The van der Waals surface area contributed by atoms with Crippen LogP contribution in [-0.4, -0.2) is 25.8 Å². The van der Waals surface area contributed by atoms with Crippen LogP contribution in [-0.2, 0) is 11.2 Å². The van der Waals surface area contributed by atoms with Crippen molar-refractivity contribution < 1.29 is 9.13 Å². The summed E-state index contributed by atoms with van der Waals surface area (Å²) in [4.78, 5) is 0. The summed E-state index contributed by atoms with van der Waals surface area (Å²) in [7, 11) is 1.99. The second kappa shape index (κ2) is 7.75. The molecule has 2 atom stereocenters. The Morgan fingerprint density at radius 2 is 2.25 bits per heavy atom.